The average molecular weight is 184 g/mol. The van der Waals surface area contributed by atoms with E-state index in [0.717, 1.165) is 25.9 Å². The first-order valence-electron chi connectivity index (χ1n) is 4.97. The van der Waals surface area contributed by atoms with Gasteiger partial charge >= 0.3 is 0 Å². The molecule has 0 bridgehead atoms. The van der Waals surface area contributed by atoms with Gasteiger partial charge < -0.3 is 5.32 Å². The number of nitrogens with zero attached hydrogens (tertiary/aromatic N) is 1. The van der Waals surface area contributed by atoms with E-state index >= 15 is 0 Å². The molecule has 0 spiro atoms. The maximum atomic E-state index is 11.8. The minimum Gasteiger partial charge on any atom is -0.313 e. The van der Waals surface area contributed by atoms with E-state index in [9.17, 15) is 4.79 Å². The number of carbonyl (C=O) groups excluding carboxylic acids is 1. The van der Waals surface area contributed by atoms with Crippen LogP contribution in [0.3, 0.4) is 0 Å². The molecule has 2 atom stereocenters. The normalized spacial score (nSPS) is 34.1. The van der Waals surface area contributed by atoms with E-state index in [1.54, 1.807) is 0 Å². The molecule has 2 rings (SSSR count). The van der Waals surface area contributed by atoms with Crippen LogP contribution in [0.1, 0.15) is 19.8 Å². The Morgan fingerprint density at radius 2 is 2.46 bits per heavy atom. The first kappa shape index (κ1) is 8.97. The van der Waals surface area contributed by atoms with Crippen LogP contribution in [0.2, 0.25) is 0 Å². The first-order valence-corrected chi connectivity index (χ1v) is 4.97. The number of amides is 1. The van der Waals surface area contributed by atoms with Gasteiger partial charge in [-0.1, -0.05) is 0 Å². The van der Waals surface area contributed by atoms with Gasteiger partial charge in [-0.25, -0.2) is 5.06 Å². The van der Waals surface area contributed by atoms with Crippen molar-refractivity contribution in [3.05, 3.63) is 0 Å². The highest BCUT2D eigenvalue weighted by Crippen LogP contribution is 2.20. The Labute approximate surface area is 78.2 Å². The average Bonchev–Trinajstić information content (AvgIpc) is 2.72. The monoisotopic (exact) mass is 184 g/mol. The van der Waals surface area contributed by atoms with E-state index in [-0.39, 0.29) is 11.8 Å². The summed E-state index contributed by atoms with van der Waals surface area (Å²) >= 11 is 0. The number of hydroxylamine groups is 2. The highest BCUT2D eigenvalue weighted by atomic mass is 16.7. The van der Waals surface area contributed by atoms with E-state index < -0.39 is 0 Å². The number of hydrogen-bond donors (Lipinski definition) is 1. The smallest absolute Gasteiger partial charge is 0.250 e. The van der Waals surface area contributed by atoms with Gasteiger partial charge in [-0.05, 0) is 26.3 Å². The maximum absolute atomic E-state index is 11.8. The molecule has 2 fully saturated rings. The van der Waals surface area contributed by atoms with Crippen LogP contribution in [0.15, 0.2) is 0 Å². The molecule has 0 aromatic heterocycles. The largest absolute Gasteiger partial charge is 0.313 e. The van der Waals surface area contributed by atoms with Crippen molar-refractivity contribution >= 4 is 5.91 Å². The Morgan fingerprint density at radius 1 is 1.62 bits per heavy atom. The van der Waals surface area contributed by atoms with Crippen LogP contribution in [0.4, 0.5) is 0 Å². The van der Waals surface area contributed by atoms with E-state index in [0.29, 0.717) is 12.6 Å². The Hall–Kier alpha value is -0.610. The number of nitrogens with one attached hydrogen (secondary N) is 1. The van der Waals surface area contributed by atoms with E-state index in [4.69, 9.17) is 4.84 Å². The van der Waals surface area contributed by atoms with Crippen LogP contribution in [-0.2, 0) is 9.63 Å². The van der Waals surface area contributed by atoms with Gasteiger partial charge in [0.2, 0.25) is 0 Å². The molecule has 74 valence electrons. The van der Waals surface area contributed by atoms with Crippen molar-refractivity contribution in [1.29, 1.82) is 0 Å². The lowest BCUT2D eigenvalue weighted by Gasteiger charge is -2.20. The molecule has 2 aliphatic heterocycles. The second-order valence-corrected chi connectivity index (χ2v) is 3.77. The van der Waals surface area contributed by atoms with Crippen LogP contribution >= 0.6 is 0 Å². The highest BCUT2D eigenvalue weighted by molar-refractivity contribution is 5.79. The van der Waals surface area contributed by atoms with Crippen LogP contribution in [0, 0.1) is 5.92 Å². The van der Waals surface area contributed by atoms with E-state index in [1.807, 2.05) is 0 Å². The number of carbonyl (C=O) groups is 1. The molecule has 4 heteroatoms. The fourth-order valence-electron chi connectivity index (χ4n) is 2.00. The molecule has 0 aromatic rings. The third-order valence-electron chi connectivity index (χ3n) is 2.84. The molecule has 0 saturated carbocycles. The molecular weight excluding hydrogens is 168 g/mol. The molecule has 13 heavy (non-hydrogen) atoms. The zero-order valence-electron chi connectivity index (χ0n) is 7.95. The van der Waals surface area contributed by atoms with Crippen LogP contribution < -0.4 is 5.32 Å². The highest BCUT2D eigenvalue weighted by Gasteiger charge is 2.34. The lowest BCUT2D eigenvalue weighted by molar-refractivity contribution is -0.173. The molecule has 1 N–H and O–H groups in total. The van der Waals surface area contributed by atoms with Crippen LogP contribution in [0.5, 0.6) is 0 Å². The van der Waals surface area contributed by atoms with Gasteiger partial charge in [0, 0.05) is 6.04 Å². The van der Waals surface area contributed by atoms with Crippen molar-refractivity contribution < 1.29 is 9.63 Å². The summed E-state index contributed by atoms with van der Waals surface area (Å²) in [5, 5.41) is 4.81. The molecule has 0 aromatic carbocycles. The molecule has 1 amide bonds. The summed E-state index contributed by atoms with van der Waals surface area (Å²) in [5.41, 5.74) is 0. The first-order chi connectivity index (χ1) is 6.29. The van der Waals surface area contributed by atoms with Gasteiger partial charge in [-0.3, -0.25) is 9.63 Å². The number of rotatable bonds is 1. The summed E-state index contributed by atoms with van der Waals surface area (Å²) in [6.45, 7) is 4.47. The SMILES string of the molecule is CC1NCCC1C(=O)N1CCCO1. The number of hydrogen-bond acceptors (Lipinski definition) is 3. The summed E-state index contributed by atoms with van der Waals surface area (Å²) in [4.78, 5) is 17.1. The zero-order chi connectivity index (χ0) is 9.26. The fourth-order valence-corrected chi connectivity index (χ4v) is 2.00. The summed E-state index contributed by atoms with van der Waals surface area (Å²) in [6.07, 6.45) is 1.92. The molecule has 2 aliphatic rings. The minimum atomic E-state index is 0.123. The fraction of sp³-hybridized carbons (Fsp3) is 0.889. The third kappa shape index (κ3) is 1.69. The molecule has 2 unspecified atom stereocenters. The maximum Gasteiger partial charge on any atom is 0.250 e. The van der Waals surface area contributed by atoms with Crippen molar-refractivity contribution in [2.75, 3.05) is 19.7 Å². The van der Waals surface area contributed by atoms with E-state index in [1.165, 1.54) is 5.06 Å². The molecule has 2 saturated heterocycles. The molecule has 0 radical (unpaired) electrons. The lowest BCUT2D eigenvalue weighted by atomic mass is 10.0. The predicted octanol–water partition coefficient (Wildman–Crippen LogP) is 0.148. The summed E-state index contributed by atoms with van der Waals surface area (Å²) in [7, 11) is 0. The predicted molar refractivity (Wildman–Crippen MR) is 47.9 cm³/mol. The van der Waals surface area contributed by atoms with Crippen molar-refractivity contribution in [2.24, 2.45) is 5.92 Å². The topological polar surface area (TPSA) is 41.6 Å². The second kappa shape index (κ2) is 3.64. The van der Waals surface area contributed by atoms with Gasteiger partial charge in [-0.15, -0.1) is 0 Å². The van der Waals surface area contributed by atoms with Crippen molar-refractivity contribution in [1.82, 2.24) is 10.4 Å². The Balaban J connectivity index is 1.95. The summed E-state index contributed by atoms with van der Waals surface area (Å²) in [5.74, 6) is 0.285. The Bertz CT molecular complexity index is 202. The van der Waals surface area contributed by atoms with Gasteiger partial charge in [-0.2, -0.15) is 0 Å². The molecular formula is C9H16N2O2. The van der Waals surface area contributed by atoms with Gasteiger partial charge in [0.25, 0.3) is 5.91 Å². The zero-order valence-corrected chi connectivity index (χ0v) is 7.95. The second-order valence-electron chi connectivity index (χ2n) is 3.77. The van der Waals surface area contributed by atoms with Gasteiger partial charge in [0.15, 0.2) is 0 Å². The van der Waals surface area contributed by atoms with Crippen LogP contribution in [-0.4, -0.2) is 36.7 Å². The summed E-state index contributed by atoms with van der Waals surface area (Å²) in [6, 6.07) is 0.302. The van der Waals surface area contributed by atoms with Crippen molar-refractivity contribution in [3.63, 3.8) is 0 Å². The minimum absolute atomic E-state index is 0.123. The van der Waals surface area contributed by atoms with Crippen molar-refractivity contribution in [3.8, 4) is 0 Å². The van der Waals surface area contributed by atoms with Crippen molar-refractivity contribution in [2.45, 2.75) is 25.8 Å². The standard InChI is InChI=1S/C9H16N2O2/c1-7-8(3-4-10-7)9(12)11-5-2-6-13-11/h7-8,10H,2-6H2,1H3. The molecule has 4 nitrogen and oxygen atoms in total. The Kier molecular flexibility index (Phi) is 2.51. The van der Waals surface area contributed by atoms with Crippen LogP contribution in [0.25, 0.3) is 0 Å². The third-order valence-corrected chi connectivity index (χ3v) is 2.84. The molecule has 2 heterocycles. The molecule has 0 aliphatic carbocycles. The lowest BCUT2D eigenvalue weighted by Crippen LogP contribution is -2.38. The quantitative estimate of drug-likeness (QED) is 0.630. The van der Waals surface area contributed by atoms with Gasteiger partial charge in [0.1, 0.15) is 0 Å². The van der Waals surface area contributed by atoms with Gasteiger partial charge in [0.05, 0.1) is 19.1 Å². The summed E-state index contributed by atoms with van der Waals surface area (Å²) < 4.78 is 0. The Morgan fingerprint density at radius 3 is 3.00 bits per heavy atom. The van der Waals surface area contributed by atoms with E-state index in [2.05, 4.69) is 12.2 Å².